The van der Waals surface area contributed by atoms with E-state index in [1.54, 1.807) is 0 Å². The molecule has 0 saturated heterocycles. The molecule has 1 aromatic rings. The SMILES string of the molecule is CCN1c2ccc(C(C)NC)cc2CC1C. The molecule has 1 aromatic carbocycles. The van der Waals surface area contributed by atoms with E-state index in [-0.39, 0.29) is 0 Å². The van der Waals surface area contributed by atoms with Crippen LogP contribution in [0.1, 0.15) is 37.9 Å². The molecule has 0 fully saturated rings. The first-order chi connectivity index (χ1) is 7.67. The van der Waals surface area contributed by atoms with E-state index in [2.05, 4.69) is 49.2 Å². The molecule has 2 unspecified atom stereocenters. The first-order valence-corrected chi connectivity index (χ1v) is 6.24. The molecule has 0 aromatic heterocycles. The van der Waals surface area contributed by atoms with Gasteiger partial charge in [0.05, 0.1) is 0 Å². The van der Waals surface area contributed by atoms with Gasteiger partial charge in [-0.05, 0) is 51.4 Å². The third-order valence-electron chi connectivity index (χ3n) is 3.73. The highest BCUT2D eigenvalue weighted by molar-refractivity contribution is 5.60. The van der Waals surface area contributed by atoms with E-state index < -0.39 is 0 Å². The van der Waals surface area contributed by atoms with Crippen molar-refractivity contribution >= 4 is 5.69 Å². The van der Waals surface area contributed by atoms with E-state index in [1.165, 1.54) is 23.2 Å². The highest BCUT2D eigenvalue weighted by Crippen LogP contribution is 2.33. The summed E-state index contributed by atoms with van der Waals surface area (Å²) in [7, 11) is 2.01. The molecule has 0 saturated carbocycles. The lowest BCUT2D eigenvalue weighted by molar-refractivity contribution is 0.651. The van der Waals surface area contributed by atoms with Crippen LogP contribution in [0.4, 0.5) is 5.69 Å². The van der Waals surface area contributed by atoms with E-state index in [4.69, 9.17) is 0 Å². The molecule has 1 N–H and O–H groups in total. The predicted molar refractivity (Wildman–Crippen MR) is 70.1 cm³/mol. The lowest BCUT2D eigenvalue weighted by Crippen LogP contribution is -2.28. The zero-order chi connectivity index (χ0) is 11.7. The molecule has 2 rings (SSSR count). The van der Waals surface area contributed by atoms with E-state index in [9.17, 15) is 0 Å². The Morgan fingerprint density at radius 1 is 1.50 bits per heavy atom. The fourth-order valence-corrected chi connectivity index (χ4v) is 2.63. The van der Waals surface area contributed by atoms with Gasteiger partial charge in [-0.2, -0.15) is 0 Å². The minimum atomic E-state index is 0.441. The minimum Gasteiger partial charge on any atom is -0.369 e. The molecular weight excluding hydrogens is 196 g/mol. The van der Waals surface area contributed by atoms with Gasteiger partial charge in [0.15, 0.2) is 0 Å². The number of nitrogens with zero attached hydrogens (tertiary/aromatic N) is 1. The van der Waals surface area contributed by atoms with Crippen molar-refractivity contribution in [3.8, 4) is 0 Å². The third-order valence-corrected chi connectivity index (χ3v) is 3.73. The maximum atomic E-state index is 3.30. The Hall–Kier alpha value is -1.02. The summed E-state index contributed by atoms with van der Waals surface area (Å²) < 4.78 is 0. The van der Waals surface area contributed by atoms with Crippen molar-refractivity contribution in [3.63, 3.8) is 0 Å². The van der Waals surface area contributed by atoms with Crippen LogP contribution < -0.4 is 10.2 Å². The highest BCUT2D eigenvalue weighted by Gasteiger charge is 2.24. The summed E-state index contributed by atoms with van der Waals surface area (Å²) in [6.45, 7) is 7.85. The van der Waals surface area contributed by atoms with Crippen LogP contribution in [-0.4, -0.2) is 19.6 Å². The van der Waals surface area contributed by atoms with Gasteiger partial charge in [-0.3, -0.25) is 0 Å². The molecule has 0 radical (unpaired) electrons. The van der Waals surface area contributed by atoms with Gasteiger partial charge in [0.25, 0.3) is 0 Å². The Bertz CT molecular complexity index is 373. The number of rotatable bonds is 3. The summed E-state index contributed by atoms with van der Waals surface area (Å²) in [4.78, 5) is 2.49. The third kappa shape index (κ3) is 1.82. The lowest BCUT2D eigenvalue weighted by Gasteiger charge is -2.23. The van der Waals surface area contributed by atoms with Crippen LogP contribution in [0.25, 0.3) is 0 Å². The normalized spacial score (nSPS) is 21.0. The second kappa shape index (κ2) is 4.46. The van der Waals surface area contributed by atoms with Crippen molar-refractivity contribution in [2.75, 3.05) is 18.5 Å². The molecule has 1 aliphatic rings. The van der Waals surface area contributed by atoms with Crippen LogP contribution in [0.5, 0.6) is 0 Å². The van der Waals surface area contributed by atoms with E-state index in [0.29, 0.717) is 12.1 Å². The zero-order valence-corrected chi connectivity index (χ0v) is 10.7. The van der Waals surface area contributed by atoms with Crippen molar-refractivity contribution in [3.05, 3.63) is 29.3 Å². The molecule has 2 heteroatoms. The summed E-state index contributed by atoms with van der Waals surface area (Å²) in [5, 5.41) is 3.30. The van der Waals surface area contributed by atoms with E-state index in [1.807, 2.05) is 7.05 Å². The van der Waals surface area contributed by atoms with Crippen molar-refractivity contribution in [2.45, 2.75) is 39.3 Å². The van der Waals surface area contributed by atoms with Crippen molar-refractivity contribution < 1.29 is 0 Å². The maximum absolute atomic E-state index is 3.30. The van der Waals surface area contributed by atoms with Crippen LogP contribution in [0.2, 0.25) is 0 Å². The van der Waals surface area contributed by atoms with Gasteiger partial charge < -0.3 is 10.2 Å². The molecule has 0 aliphatic carbocycles. The molecular formula is C14H22N2. The lowest BCUT2D eigenvalue weighted by atomic mass is 10.0. The number of nitrogens with one attached hydrogen (secondary N) is 1. The Balaban J connectivity index is 2.32. The average molecular weight is 218 g/mol. The number of likely N-dealkylation sites (N-methyl/N-ethyl adjacent to an activating group) is 1. The largest absolute Gasteiger partial charge is 0.369 e. The maximum Gasteiger partial charge on any atom is 0.0402 e. The molecule has 2 nitrogen and oxygen atoms in total. The van der Waals surface area contributed by atoms with Crippen LogP contribution in [-0.2, 0) is 6.42 Å². The van der Waals surface area contributed by atoms with Crippen LogP contribution in [0.3, 0.4) is 0 Å². The molecule has 0 bridgehead atoms. The summed E-state index contributed by atoms with van der Waals surface area (Å²) in [5.74, 6) is 0. The van der Waals surface area contributed by atoms with Crippen LogP contribution >= 0.6 is 0 Å². The topological polar surface area (TPSA) is 15.3 Å². The van der Waals surface area contributed by atoms with Crippen LogP contribution in [0, 0.1) is 0 Å². The summed E-state index contributed by atoms with van der Waals surface area (Å²) >= 11 is 0. The smallest absolute Gasteiger partial charge is 0.0402 e. The monoisotopic (exact) mass is 218 g/mol. The minimum absolute atomic E-state index is 0.441. The highest BCUT2D eigenvalue weighted by atomic mass is 15.2. The molecule has 0 amide bonds. The Morgan fingerprint density at radius 2 is 2.25 bits per heavy atom. The molecule has 1 heterocycles. The van der Waals surface area contributed by atoms with Crippen LogP contribution in [0.15, 0.2) is 18.2 Å². The van der Waals surface area contributed by atoms with Gasteiger partial charge >= 0.3 is 0 Å². The molecule has 2 atom stereocenters. The van der Waals surface area contributed by atoms with Gasteiger partial charge in [-0.15, -0.1) is 0 Å². The Labute approximate surface area is 98.7 Å². The average Bonchev–Trinajstić information content (AvgIpc) is 2.62. The Kier molecular flexibility index (Phi) is 3.20. The second-order valence-corrected chi connectivity index (χ2v) is 4.74. The molecule has 0 spiro atoms. The van der Waals surface area contributed by atoms with Gasteiger partial charge in [0.1, 0.15) is 0 Å². The first kappa shape index (κ1) is 11.5. The number of benzene rings is 1. The zero-order valence-electron chi connectivity index (χ0n) is 10.7. The van der Waals surface area contributed by atoms with Gasteiger partial charge in [0, 0.05) is 24.3 Å². The fourth-order valence-electron chi connectivity index (χ4n) is 2.63. The summed E-state index contributed by atoms with van der Waals surface area (Å²) in [6, 6.07) is 7.99. The molecule has 88 valence electrons. The Morgan fingerprint density at radius 3 is 2.88 bits per heavy atom. The number of hydrogen-bond donors (Lipinski definition) is 1. The summed E-state index contributed by atoms with van der Waals surface area (Å²) in [5.41, 5.74) is 4.34. The van der Waals surface area contributed by atoms with E-state index in [0.717, 1.165) is 6.54 Å². The second-order valence-electron chi connectivity index (χ2n) is 4.74. The van der Waals surface area contributed by atoms with Crippen molar-refractivity contribution in [2.24, 2.45) is 0 Å². The molecule has 1 aliphatic heterocycles. The van der Waals surface area contributed by atoms with Gasteiger partial charge in [0.2, 0.25) is 0 Å². The van der Waals surface area contributed by atoms with Crippen molar-refractivity contribution in [1.82, 2.24) is 5.32 Å². The standard InChI is InChI=1S/C14H22N2/c1-5-16-10(2)8-13-9-12(11(3)15-4)6-7-14(13)16/h6-7,9-11,15H,5,8H2,1-4H3. The molecule has 16 heavy (non-hydrogen) atoms. The van der Waals surface area contributed by atoms with E-state index >= 15 is 0 Å². The number of hydrogen-bond acceptors (Lipinski definition) is 2. The number of fused-ring (bicyclic) bond motifs is 1. The quantitative estimate of drug-likeness (QED) is 0.839. The van der Waals surface area contributed by atoms with Gasteiger partial charge in [-0.1, -0.05) is 12.1 Å². The first-order valence-electron chi connectivity index (χ1n) is 6.24. The predicted octanol–water partition coefficient (Wildman–Crippen LogP) is 2.74. The van der Waals surface area contributed by atoms with Crippen molar-refractivity contribution in [1.29, 1.82) is 0 Å². The van der Waals surface area contributed by atoms with Gasteiger partial charge in [-0.25, -0.2) is 0 Å². The summed E-state index contributed by atoms with van der Waals surface area (Å²) in [6.07, 6.45) is 1.19. The number of anilines is 1. The fraction of sp³-hybridized carbons (Fsp3) is 0.571.